The Bertz CT molecular complexity index is 423. The van der Waals surface area contributed by atoms with Gasteiger partial charge >= 0.3 is 6.09 Å². The van der Waals surface area contributed by atoms with Gasteiger partial charge in [-0.2, -0.15) is 0 Å². The highest BCUT2D eigenvalue weighted by molar-refractivity contribution is 5.86. The highest BCUT2D eigenvalue weighted by Gasteiger charge is 2.36. The average molecular weight is 326 g/mol. The first-order chi connectivity index (χ1) is 10.8. The number of hydrogen-bond acceptors (Lipinski definition) is 4. The monoisotopic (exact) mass is 326 g/mol. The topological polar surface area (TPSA) is 76.7 Å². The van der Waals surface area contributed by atoms with E-state index in [1.165, 1.54) is 0 Å². The molecule has 0 spiro atoms. The Morgan fingerprint density at radius 1 is 1.13 bits per heavy atom. The molecule has 23 heavy (non-hydrogen) atoms. The van der Waals surface area contributed by atoms with E-state index in [9.17, 15) is 9.59 Å². The Labute approximate surface area is 138 Å². The normalized spacial score (nSPS) is 24.4. The Kier molecular flexibility index (Phi) is 5.89. The summed E-state index contributed by atoms with van der Waals surface area (Å²) >= 11 is 0. The van der Waals surface area contributed by atoms with Crippen molar-refractivity contribution in [3.05, 3.63) is 0 Å². The first-order valence-electron chi connectivity index (χ1n) is 8.64. The van der Waals surface area contributed by atoms with Gasteiger partial charge in [-0.05, 0) is 52.9 Å². The zero-order chi connectivity index (χ0) is 17.0. The van der Waals surface area contributed by atoms with Gasteiger partial charge in [-0.1, -0.05) is 6.42 Å². The van der Waals surface area contributed by atoms with Crippen LogP contribution in [0.15, 0.2) is 0 Å². The molecular formula is C17H30N2O4. The second-order valence-corrected chi connectivity index (χ2v) is 7.74. The van der Waals surface area contributed by atoms with E-state index in [-0.39, 0.29) is 17.9 Å². The van der Waals surface area contributed by atoms with Gasteiger partial charge in [-0.25, -0.2) is 4.79 Å². The van der Waals surface area contributed by atoms with E-state index in [1.54, 1.807) is 0 Å². The zero-order valence-electron chi connectivity index (χ0n) is 14.7. The minimum atomic E-state index is -0.570. The molecule has 2 fully saturated rings. The number of amides is 2. The minimum absolute atomic E-state index is 0.0491. The van der Waals surface area contributed by atoms with Crippen LogP contribution in [0.1, 0.15) is 53.4 Å². The van der Waals surface area contributed by atoms with Crippen LogP contribution in [0.4, 0.5) is 4.79 Å². The highest BCUT2D eigenvalue weighted by atomic mass is 16.6. The Balaban J connectivity index is 1.91. The van der Waals surface area contributed by atoms with Gasteiger partial charge in [-0.15, -0.1) is 0 Å². The van der Waals surface area contributed by atoms with Gasteiger partial charge in [0.05, 0.1) is 6.61 Å². The molecule has 0 aromatic carbocycles. The second-order valence-electron chi connectivity index (χ2n) is 7.74. The van der Waals surface area contributed by atoms with Crippen LogP contribution in [0.5, 0.6) is 0 Å². The minimum Gasteiger partial charge on any atom is -0.444 e. The second kappa shape index (κ2) is 7.51. The van der Waals surface area contributed by atoms with Crippen LogP contribution in [0.3, 0.4) is 0 Å². The number of carbonyl (C=O) groups excluding carboxylic acids is 2. The molecule has 2 rings (SSSR count). The van der Waals surface area contributed by atoms with Crippen molar-refractivity contribution in [2.75, 3.05) is 13.2 Å². The average Bonchev–Trinajstić information content (AvgIpc) is 2.87. The molecule has 1 saturated heterocycles. The molecule has 6 nitrogen and oxygen atoms in total. The fraction of sp³-hybridized carbons (Fsp3) is 0.882. The summed E-state index contributed by atoms with van der Waals surface area (Å²) in [4.78, 5) is 24.7. The van der Waals surface area contributed by atoms with Crippen molar-refractivity contribution in [1.82, 2.24) is 10.6 Å². The van der Waals surface area contributed by atoms with Crippen molar-refractivity contribution in [3.63, 3.8) is 0 Å². The molecule has 2 aliphatic rings. The molecule has 1 aliphatic heterocycles. The zero-order valence-corrected chi connectivity index (χ0v) is 14.7. The lowest BCUT2D eigenvalue weighted by molar-refractivity contribution is -0.126. The van der Waals surface area contributed by atoms with Crippen LogP contribution in [0.2, 0.25) is 0 Å². The molecule has 1 saturated carbocycles. The summed E-state index contributed by atoms with van der Waals surface area (Å²) in [5.41, 5.74) is -0.570. The molecule has 0 radical (unpaired) electrons. The van der Waals surface area contributed by atoms with E-state index in [1.807, 2.05) is 27.7 Å². The summed E-state index contributed by atoms with van der Waals surface area (Å²) in [5.74, 6) is 0.442. The molecule has 0 bridgehead atoms. The summed E-state index contributed by atoms with van der Waals surface area (Å²) in [6.45, 7) is 8.89. The van der Waals surface area contributed by atoms with Gasteiger partial charge in [0, 0.05) is 18.6 Å². The van der Waals surface area contributed by atoms with Gasteiger partial charge in [0.15, 0.2) is 0 Å². The number of rotatable bonds is 5. The number of alkyl carbamates (subject to hydrolysis) is 1. The molecule has 0 aromatic rings. The first kappa shape index (κ1) is 18.0. The van der Waals surface area contributed by atoms with Gasteiger partial charge < -0.3 is 20.1 Å². The summed E-state index contributed by atoms with van der Waals surface area (Å²) < 4.78 is 10.7. The Morgan fingerprint density at radius 2 is 1.83 bits per heavy atom. The van der Waals surface area contributed by atoms with Crippen LogP contribution in [-0.2, 0) is 14.3 Å². The maximum atomic E-state index is 12.6. The van der Waals surface area contributed by atoms with Gasteiger partial charge in [0.2, 0.25) is 5.91 Å². The fourth-order valence-electron chi connectivity index (χ4n) is 2.98. The Hall–Kier alpha value is -1.30. The fourth-order valence-corrected chi connectivity index (χ4v) is 2.98. The van der Waals surface area contributed by atoms with Crippen molar-refractivity contribution < 1.29 is 19.1 Å². The third kappa shape index (κ3) is 5.37. The van der Waals surface area contributed by atoms with E-state index in [2.05, 4.69) is 10.6 Å². The van der Waals surface area contributed by atoms with Crippen molar-refractivity contribution in [1.29, 1.82) is 0 Å². The van der Waals surface area contributed by atoms with Crippen LogP contribution in [-0.4, -0.2) is 42.9 Å². The standard InChI is InChI=1S/C17H30N2O4/c1-11(13-8-9-22-10-13)18-15(20)14(12-6-5-7-12)19-16(21)23-17(2,3)4/h11-14H,5-10H2,1-4H3,(H,18,20)(H,19,21). The van der Waals surface area contributed by atoms with Crippen LogP contribution < -0.4 is 10.6 Å². The largest absolute Gasteiger partial charge is 0.444 e. The molecule has 3 unspecified atom stereocenters. The molecule has 1 aliphatic carbocycles. The lowest BCUT2D eigenvalue weighted by Crippen LogP contribution is -2.55. The van der Waals surface area contributed by atoms with E-state index >= 15 is 0 Å². The van der Waals surface area contributed by atoms with E-state index in [0.29, 0.717) is 12.5 Å². The number of carbonyl (C=O) groups is 2. The third-order valence-electron chi connectivity index (χ3n) is 4.62. The Morgan fingerprint density at radius 3 is 2.30 bits per heavy atom. The maximum absolute atomic E-state index is 12.6. The van der Waals surface area contributed by atoms with E-state index in [4.69, 9.17) is 9.47 Å². The van der Waals surface area contributed by atoms with E-state index < -0.39 is 17.7 Å². The molecular weight excluding hydrogens is 296 g/mol. The van der Waals surface area contributed by atoms with Crippen molar-refractivity contribution in [2.45, 2.75) is 71.1 Å². The molecule has 0 aromatic heterocycles. The number of hydrogen-bond donors (Lipinski definition) is 2. The lowest BCUT2D eigenvalue weighted by Gasteiger charge is -2.34. The SMILES string of the molecule is CC(NC(=O)C(NC(=O)OC(C)(C)C)C1CCC1)C1CCOC1. The van der Waals surface area contributed by atoms with Gasteiger partial charge in [0.25, 0.3) is 0 Å². The number of nitrogens with one attached hydrogen (secondary N) is 2. The molecule has 2 N–H and O–H groups in total. The van der Waals surface area contributed by atoms with Crippen LogP contribution >= 0.6 is 0 Å². The van der Waals surface area contributed by atoms with Crippen molar-refractivity contribution >= 4 is 12.0 Å². The molecule has 6 heteroatoms. The van der Waals surface area contributed by atoms with E-state index in [0.717, 1.165) is 32.3 Å². The smallest absolute Gasteiger partial charge is 0.408 e. The number of ether oxygens (including phenoxy) is 2. The third-order valence-corrected chi connectivity index (χ3v) is 4.62. The molecule has 2 amide bonds. The highest BCUT2D eigenvalue weighted by Crippen LogP contribution is 2.30. The summed E-state index contributed by atoms with van der Waals surface area (Å²) in [7, 11) is 0. The first-order valence-corrected chi connectivity index (χ1v) is 8.64. The van der Waals surface area contributed by atoms with Gasteiger partial charge in [0.1, 0.15) is 11.6 Å². The van der Waals surface area contributed by atoms with Gasteiger partial charge in [-0.3, -0.25) is 4.79 Å². The molecule has 1 heterocycles. The predicted molar refractivity (Wildman–Crippen MR) is 87.0 cm³/mol. The van der Waals surface area contributed by atoms with Crippen molar-refractivity contribution in [2.24, 2.45) is 11.8 Å². The van der Waals surface area contributed by atoms with Crippen LogP contribution in [0.25, 0.3) is 0 Å². The summed E-state index contributed by atoms with van der Waals surface area (Å²) in [5, 5.41) is 5.82. The molecule has 132 valence electrons. The van der Waals surface area contributed by atoms with Crippen LogP contribution in [0, 0.1) is 11.8 Å². The summed E-state index contributed by atoms with van der Waals surface area (Å²) in [6.07, 6.45) is 3.48. The van der Waals surface area contributed by atoms with Crippen molar-refractivity contribution in [3.8, 4) is 0 Å². The summed E-state index contributed by atoms with van der Waals surface area (Å²) in [6, 6.07) is -0.462. The lowest BCUT2D eigenvalue weighted by atomic mass is 9.79. The molecule has 3 atom stereocenters. The quantitative estimate of drug-likeness (QED) is 0.812. The predicted octanol–water partition coefficient (Wildman–Crippen LogP) is 2.22. The maximum Gasteiger partial charge on any atom is 0.408 e.